The quantitative estimate of drug-likeness (QED) is 0.185. The minimum atomic E-state index is -3.89. The molecule has 0 atom stereocenters. The predicted octanol–water partition coefficient (Wildman–Crippen LogP) is 7.37. The van der Waals surface area contributed by atoms with Gasteiger partial charge in [-0.25, -0.2) is 0 Å². The van der Waals surface area contributed by atoms with Gasteiger partial charge in [0.2, 0.25) is 0 Å². The molecule has 6 heteroatoms. The van der Waals surface area contributed by atoms with Crippen LogP contribution in [0, 0.1) is 19.7 Å². The summed E-state index contributed by atoms with van der Waals surface area (Å²) >= 11 is -0.305. The van der Waals surface area contributed by atoms with E-state index in [4.69, 9.17) is 0 Å². The number of benzene rings is 5. The molecule has 3 nitrogen and oxygen atoms in total. The van der Waals surface area contributed by atoms with E-state index in [0.29, 0.717) is 5.56 Å². The molecule has 0 spiro atoms. The molecule has 6 aromatic rings. The van der Waals surface area contributed by atoms with Gasteiger partial charge in [0.1, 0.15) is 0 Å². The van der Waals surface area contributed by atoms with E-state index >= 15 is 0 Å². The van der Waals surface area contributed by atoms with E-state index in [9.17, 15) is 12.8 Å². The topological polar surface area (TPSA) is 39.1 Å². The maximum absolute atomic E-state index is 14.3. The van der Waals surface area contributed by atoms with Crippen LogP contribution in [0.2, 0.25) is 0 Å². The van der Waals surface area contributed by atoms with Crippen LogP contribution < -0.4 is 4.46 Å². The Labute approximate surface area is 239 Å². The van der Waals surface area contributed by atoms with E-state index in [1.54, 1.807) is 24.3 Å². The standard InChI is InChI=1S/C34H26FNO2SSe/c1-23-14-20-28(21-15-23)39(37,38)34-24(2)29-10-5-6-12-31(29)36(34)33(22-25-16-18-27(35)19-17-25)40-32-13-7-9-26-8-3-4-11-30(26)32/h3-22H,1-2H3/b33-22+. The third kappa shape index (κ3) is 4.79. The normalized spacial score (nSPS) is 12.3. The molecule has 6 rings (SSSR count). The number of rotatable bonds is 6. The number of hydrogen-bond acceptors (Lipinski definition) is 2. The van der Waals surface area contributed by atoms with Crippen molar-refractivity contribution in [3.8, 4) is 0 Å². The molecule has 0 bridgehead atoms. The summed E-state index contributed by atoms with van der Waals surface area (Å²) in [6.45, 7) is 3.81. The first-order valence-electron chi connectivity index (χ1n) is 12.9. The molecule has 0 aliphatic rings. The summed E-state index contributed by atoms with van der Waals surface area (Å²) in [5.41, 5.74) is 3.32. The number of para-hydroxylation sites is 1. The zero-order chi connectivity index (χ0) is 27.9. The van der Waals surface area contributed by atoms with Crippen LogP contribution in [0.1, 0.15) is 16.7 Å². The zero-order valence-electron chi connectivity index (χ0n) is 22.0. The SMILES string of the molecule is Cc1ccc(S(=O)(=O)c2c(C)c3ccccc3n2/C(=C\c2ccc(F)cc2)[Se]c2cccc3ccccc23)cc1. The second-order valence-electron chi connectivity index (χ2n) is 9.71. The first-order valence-corrected chi connectivity index (χ1v) is 16.1. The van der Waals surface area contributed by atoms with Gasteiger partial charge in [-0.3, -0.25) is 0 Å². The van der Waals surface area contributed by atoms with Gasteiger partial charge >= 0.3 is 241 Å². The van der Waals surface area contributed by atoms with Gasteiger partial charge in [-0.15, -0.1) is 0 Å². The Balaban J connectivity index is 1.65. The molecule has 0 radical (unpaired) electrons. The molecule has 0 saturated heterocycles. The molecule has 198 valence electrons. The number of nitrogens with zero attached hydrogens (tertiary/aromatic N) is 1. The summed E-state index contributed by atoms with van der Waals surface area (Å²) in [5.74, 6) is -0.317. The second kappa shape index (κ2) is 10.5. The Hall–Kier alpha value is -3.96. The van der Waals surface area contributed by atoms with E-state index in [0.717, 1.165) is 41.9 Å². The van der Waals surface area contributed by atoms with Crippen molar-refractivity contribution in [2.75, 3.05) is 0 Å². The fourth-order valence-electron chi connectivity index (χ4n) is 4.99. The Kier molecular flexibility index (Phi) is 6.93. The Morgan fingerprint density at radius 2 is 1.40 bits per heavy atom. The van der Waals surface area contributed by atoms with Crippen LogP contribution in [0.25, 0.3) is 32.3 Å². The summed E-state index contributed by atoms with van der Waals surface area (Å²) in [4.78, 5) is 0.254. The van der Waals surface area contributed by atoms with Crippen molar-refractivity contribution in [1.29, 1.82) is 0 Å². The van der Waals surface area contributed by atoms with E-state index < -0.39 is 9.84 Å². The molecule has 0 aliphatic heterocycles. The molecule has 0 aliphatic carbocycles. The zero-order valence-corrected chi connectivity index (χ0v) is 24.5. The van der Waals surface area contributed by atoms with Crippen molar-refractivity contribution in [3.63, 3.8) is 0 Å². The number of aromatic nitrogens is 1. The number of fused-ring (bicyclic) bond motifs is 2. The monoisotopic (exact) mass is 611 g/mol. The number of sulfone groups is 1. The second-order valence-corrected chi connectivity index (χ2v) is 13.8. The molecule has 40 heavy (non-hydrogen) atoms. The summed E-state index contributed by atoms with van der Waals surface area (Å²) in [7, 11) is -3.89. The molecule has 0 unspecified atom stereocenters. The van der Waals surface area contributed by atoms with Crippen LogP contribution >= 0.6 is 0 Å². The minimum absolute atomic E-state index is 0.254. The van der Waals surface area contributed by atoms with Crippen molar-refractivity contribution in [3.05, 3.63) is 138 Å². The molecular weight excluding hydrogens is 584 g/mol. The average Bonchev–Trinajstić information content (AvgIpc) is 3.27. The van der Waals surface area contributed by atoms with Gasteiger partial charge in [-0.1, -0.05) is 0 Å². The fourth-order valence-corrected chi connectivity index (χ4v) is 9.18. The van der Waals surface area contributed by atoms with Crippen LogP contribution in [0.4, 0.5) is 4.39 Å². The molecule has 5 aromatic carbocycles. The Bertz CT molecular complexity index is 2000. The van der Waals surface area contributed by atoms with Crippen LogP contribution in [-0.2, 0) is 9.84 Å². The van der Waals surface area contributed by atoms with Crippen molar-refractivity contribution in [2.24, 2.45) is 0 Å². The molecule has 0 amide bonds. The number of hydrogen-bond donors (Lipinski definition) is 0. The third-order valence-corrected chi connectivity index (χ3v) is 11.2. The van der Waals surface area contributed by atoms with E-state index in [2.05, 4.69) is 24.3 Å². The summed E-state index contributed by atoms with van der Waals surface area (Å²) in [5, 5.41) is 3.40. The van der Waals surface area contributed by atoms with Crippen LogP contribution in [0.15, 0.2) is 125 Å². The number of halogens is 1. The molecule has 0 saturated carbocycles. The first-order chi connectivity index (χ1) is 19.3. The van der Waals surface area contributed by atoms with Gasteiger partial charge in [0.05, 0.1) is 0 Å². The summed E-state index contributed by atoms with van der Waals surface area (Å²) in [6.07, 6.45) is 1.99. The summed E-state index contributed by atoms with van der Waals surface area (Å²) in [6, 6.07) is 35.5. The van der Waals surface area contributed by atoms with Crippen molar-refractivity contribution >= 4 is 61.6 Å². The van der Waals surface area contributed by atoms with E-state index in [1.165, 1.54) is 12.1 Å². The van der Waals surface area contributed by atoms with Gasteiger partial charge in [0.15, 0.2) is 0 Å². The van der Waals surface area contributed by atoms with Gasteiger partial charge in [-0.05, 0) is 0 Å². The van der Waals surface area contributed by atoms with Gasteiger partial charge < -0.3 is 0 Å². The van der Waals surface area contributed by atoms with Crippen molar-refractivity contribution < 1.29 is 12.8 Å². The fraction of sp³-hybridized carbons (Fsp3) is 0.0588. The maximum atomic E-state index is 14.3. The van der Waals surface area contributed by atoms with Crippen LogP contribution in [-0.4, -0.2) is 27.9 Å². The van der Waals surface area contributed by atoms with E-state index in [1.807, 2.05) is 79.1 Å². The van der Waals surface area contributed by atoms with E-state index in [-0.39, 0.29) is 30.7 Å². The van der Waals surface area contributed by atoms with Gasteiger partial charge in [0, 0.05) is 0 Å². The van der Waals surface area contributed by atoms with Gasteiger partial charge in [0.25, 0.3) is 0 Å². The Morgan fingerprint density at radius 1 is 0.750 bits per heavy atom. The van der Waals surface area contributed by atoms with Crippen LogP contribution in [0.3, 0.4) is 0 Å². The van der Waals surface area contributed by atoms with Gasteiger partial charge in [-0.2, -0.15) is 0 Å². The predicted molar refractivity (Wildman–Crippen MR) is 163 cm³/mol. The molecule has 0 fully saturated rings. The Morgan fingerprint density at radius 3 is 2.15 bits per heavy atom. The molecule has 0 N–H and O–H groups in total. The van der Waals surface area contributed by atoms with Crippen molar-refractivity contribution in [1.82, 2.24) is 4.57 Å². The average molecular weight is 611 g/mol. The first kappa shape index (κ1) is 26.3. The number of aryl methyl sites for hydroxylation is 2. The third-order valence-electron chi connectivity index (χ3n) is 7.00. The van der Waals surface area contributed by atoms with Crippen molar-refractivity contribution in [2.45, 2.75) is 23.8 Å². The summed E-state index contributed by atoms with van der Waals surface area (Å²) < 4.78 is 46.4. The van der Waals surface area contributed by atoms with Crippen LogP contribution in [0.5, 0.6) is 0 Å². The molecular formula is C34H26FNO2SSe. The molecule has 1 heterocycles. The molecule has 1 aromatic heterocycles.